The van der Waals surface area contributed by atoms with Crippen molar-refractivity contribution in [2.24, 2.45) is 0 Å². The van der Waals surface area contributed by atoms with Crippen LogP contribution in [0, 0.1) is 0 Å². The van der Waals surface area contributed by atoms with Crippen LogP contribution in [0.2, 0.25) is 5.02 Å². The van der Waals surface area contributed by atoms with Gasteiger partial charge in [-0.25, -0.2) is 0 Å². The molecule has 0 saturated heterocycles. The number of halogens is 1. The molecule has 0 fully saturated rings. The predicted molar refractivity (Wildman–Crippen MR) is 143 cm³/mol. The van der Waals surface area contributed by atoms with E-state index in [4.69, 9.17) is 11.6 Å². The molecule has 0 spiro atoms. The van der Waals surface area contributed by atoms with E-state index in [0.717, 1.165) is 5.02 Å². The minimum Gasteiger partial charge on any atom is -0.0843 e. The van der Waals surface area contributed by atoms with Crippen LogP contribution in [0.25, 0.3) is 54.9 Å². The zero-order valence-electron chi connectivity index (χ0n) is 18.0. The van der Waals surface area contributed by atoms with E-state index in [0.29, 0.717) is 0 Å². The lowest BCUT2D eigenvalue weighted by atomic mass is 9.84. The van der Waals surface area contributed by atoms with Gasteiger partial charge in [-0.05, 0) is 67.1 Å². The number of hydrogen-bond donors (Lipinski definition) is 0. The van der Waals surface area contributed by atoms with E-state index in [1.54, 1.807) is 0 Å². The van der Waals surface area contributed by atoms with Crippen LogP contribution in [0.1, 0.15) is 0 Å². The van der Waals surface area contributed by atoms with E-state index in [1.807, 2.05) is 12.1 Å². The summed E-state index contributed by atoms with van der Waals surface area (Å²) in [4.78, 5) is 0. The summed E-state index contributed by atoms with van der Waals surface area (Å²) in [5, 5.41) is 5.75. The van der Waals surface area contributed by atoms with Crippen molar-refractivity contribution in [2.75, 3.05) is 0 Å². The Hall–Kier alpha value is -3.87. The van der Waals surface area contributed by atoms with Crippen LogP contribution in [0.3, 0.4) is 0 Å². The molecule has 156 valence electrons. The second-order valence-corrected chi connectivity index (χ2v) is 8.70. The molecule has 0 N–H and O–H groups in total. The maximum Gasteiger partial charge on any atom is 0.0406 e. The van der Waals surface area contributed by atoms with Crippen molar-refractivity contribution < 1.29 is 0 Å². The van der Waals surface area contributed by atoms with Gasteiger partial charge in [-0.1, -0.05) is 127 Å². The Labute approximate surface area is 198 Å². The minimum absolute atomic E-state index is 0.751. The summed E-state index contributed by atoms with van der Waals surface area (Å²) in [6.45, 7) is 0. The van der Waals surface area contributed by atoms with E-state index in [1.165, 1.54) is 54.9 Å². The molecular weight excluding hydrogens is 420 g/mol. The van der Waals surface area contributed by atoms with Crippen LogP contribution >= 0.6 is 11.6 Å². The van der Waals surface area contributed by atoms with Gasteiger partial charge in [-0.2, -0.15) is 0 Å². The molecule has 0 bridgehead atoms. The number of fused-ring (bicyclic) bond motifs is 2. The average Bonchev–Trinajstić information content (AvgIpc) is 2.88. The highest BCUT2D eigenvalue weighted by Crippen LogP contribution is 2.45. The Morgan fingerprint density at radius 1 is 0.333 bits per heavy atom. The number of benzene rings is 6. The third-order valence-electron chi connectivity index (χ3n) is 6.35. The molecule has 0 nitrogen and oxygen atoms in total. The molecule has 0 radical (unpaired) electrons. The minimum atomic E-state index is 0.751. The van der Waals surface area contributed by atoms with Crippen molar-refractivity contribution in [3.63, 3.8) is 0 Å². The molecule has 0 saturated carbocycles. The molecular formula is C32H21Cl. The van der Waals surface area contributed by atoms with E-state index in [2.05, 4.69) is 115 Å². The number of rotatable bonds is 3. The van der Waals surface area contributed by atoms with E-state index in [-0.39, 0.29) is 0 Å². The highest BCUT2D eigenvalue weighted by atomic mass is 35.5. The predicted octanol–water partition coefficient (Wildman–Crippen LogP) is 9.65. The van der Waals surface area contributed by atoms with E-state index >= 15 is 0 Å². The van der Waals surface area contributed by atoms with Gasteiger partial charge >= 0.3 is 0 Å². The van der Waals surface area contributed by atoms with Gasteiger partial charge in [0.25, 0.3) is 0 Å². The second-order valence-electron chi connectivity index (χ2n) is 8.26. The van der Waals surface area contributed by atoms with Gasteiger partial charge < -0.3 is 0 Å². The van der Waals surface area contributed by atoms with Crippen molar-refractivity contribution in [1.82, 2.24) is 0 Å². The zero-order chi connectivity index (χ0) is 22.2. The molecule has 6 aromatic carbocycles. The summed E-state index contributed by atoms with van der Waals surface area (Å²) in [6.07, 6.45) is 0. The third kappa shape index (κ3) is 3.40. The molecule has 0 aromatic heterocycles. The first kappa shape index (κ1) is 19.8. The van der Waals surface area contributed by atoms with E-state index in [9.17, 15) is 0 Å². The maximum absolute atomic E-state index is 6.22. The fourth-order valence-corrected chi connectivity index (χ4v) is 5.04. The Kier molecular flexibility index (Phi) is 4.94. The van der Waals surface area contributed by atoms with Crippen molar-refractivity contribution >= 4 is 33.1 Å². The van der Waals surface area contributed by atoms with Crippen LogP contribution in [0.4, 0.5) is 0 Å². The molecule has 0 atom stereocenters. The number of hydrogen-bond acceptors (Lipinski definition) is 0. The fourth-order valence-electron chi connectivity index (χ4n) is 4.92. The Morgan fingerprint density at radius 2 is 0.788 bits per heavy atom. The molecule has 6 rings (SSSR count). The second kappa shape index (κ2) is 8.24. The van der Waals surface area contributed by atoms with Crippen LogP contribution in [0.5, 0.6) is 0 Å². The average molecular weight is 441 g/mol. The summed E-state index contributed by atoms with van der Waals surface area (Å²) in [5.41, 5.74) is 7.42. The molecule has 0 amide bonds. The van der Waals surface area contributed by atoms with Gasteiger partial charge in [-0.15, -0.1) is 0 Å². The van der Waals surface area contributed by atoms with Gasteiger partial charge in [0, 0.05) is 5.02 Å². The third-order valence-corrected chi connectivity index (χ3v) is 6.60. The Morgan fingerprint density at radius 3 is 1.36 bits per heavy atom. The summed E-state index contributed by atoms with van der Waals surface area (Å²) in [7, 11) is 0. The molecule has 0 aliphatic rings. The lowest BCUT2D eigenvalue weighted by Gasteiger charge is -2.19. The van der Waals surface area contributed by atoms with Crippen molar-refractivity contribution in [3.8, 4) is 33.4 Å². The first-order valence-electron chi connectivity index (χ1n) is 11.2. The van der Waals surface area contributed by atoms with Crippen LogP contribution in [-0.4, -0.2) is 0 Å². The lowest BCUT2D eigenvalue weighted by Crippen LogP contribution is -1.92. The molecule has 0 aliphatic heterocycles. The Balaban J connectivity index is 1.77. The van der Waals surface area contributed by atoms with Gasteiger partial charge in [0.05, 0.1) is 0 Å². The largest absolute Gasteiger partial charge is 0.0843 e. The molecule has 0 heterocycles. The fraction of sp³-hybridized carbons (Fsp3) is 0. The molecule has 0 aliphatic carbocycles. The van der Waals surface area contributed by atoms with Crippen LogP contribution in [-0.2, 0) is 0 Å². The molecule has 6 aromatic rings. The lowest BCUT2D eigenvalue weighted by molar-refractivity contribution is 1.60. The first-order valence-corrected chi connectivity index (χ1v) is 11.5. The molecule has 33 heavy (non-hydrogen) atoms. The smallest absolute Gasteiger partial charge is 0.0406 e. The van der Waals surface area contributed by atoms with Gasteiger partial charge in [0.1, 0.15) is 0 Å². The molecule has 1 heteroatoms. The van der Waals surface area contributed by atoms with Gasteiger partial charge in [0.2, 0.25) is 0 Å². The van der Waals surface area contributed by atoms with Crippen LogP contribution < -0.4 is 0 Å². The Bertz CT molecular complexity index is 1540. The van der Waals surface area contributed by atoms with Crippen LogP contribution in [0.15, 0.2) is 127 Å². The summed E-state index contributed by atoms with van der Waals surface area (Å²) < 4.78 is 0. The van der Waals surface area contributed by atoms with Gasteiger partial charge in [0.15, 0.2) is 0 Å². The first-order chi connectivity index (χ1) is 16.3. The normalized spacial score (nSPS) is 11.2. The summed E-state index contributed by atoms with van der Waals surface area (Å²) in [6, 6.07) is 45.1. The quantitative estimate of drug-likeness (QED) is 0.240. The van der Waals surface area contributed by atoms with Crippen molar-refractivity contribution in [2.45, 2.75) is 0 Å². The standard InChI is InChI=1S/C32H21Cl/c33-24-20-18-23(19-21-24)31-27-14-6-8-16-29(27)32(30-17-9-7-15-28(30)31)26-13-5-4-12-25(26)22-10-2-1-3-11-22/h1-21H. The maximum atomic E-state index is 6.22. The summed E-state index contributed by atoms with van der Waals surface area (Å²) >= 11 is 6.22. The zero-order valence-corrected chi connectivity index (χ0v) is 18.8. The highest BCUT2D eigenvalue weighted by molar-refractivity contribution is 6.30. The van der Waals surface area contributed by atoms with Gasteiger partial charge in [-0.3, -0.25) is 0 Å². The van der Waals surface area contributed by atoms with Crippen molar-refractivity contribution in [3.05, 3.63) is 132 Å². The molecule has 0 unspecified atom stereocenters. The van der Waals surface area contributed by atoms with E-state index < -0.39 is 0 Å². The highest BCUT2D eigenvalue weighted by Gasteiger charge is 2.18. The summed E-state index contributed by atoms with van der Waals surface area (Å²) in [5.74, 6) is 0. The SMILES string of the molecule is Clc1ccc(-c2c3ccccc3c(-c3ccccc3-c3ccccc3)c3ccccc23)cc1. The topological polar surface area (TPSA) is 0 Å². The van der Waals surface area contributed by atoms with Crippen molar-refractivity contribution in [1.29, 1.82) is 0 Å². The monoisotopic (exact) mass is 440 g/mol.